The topological polar surface area (TPSA) is 46.9 Å². The molecule has 0 unspecified atom stereocenters. The highest BCUT2D eigenvalue weighted by molar-refractivity contribution is 9.11. The van der Waals surface area contributed by atoms with E-state index >= 15 is 0 Å². The number of amides is 1. The van der Waals surface area contributed by atoms with Crippen molar-refractivity contribution in [1.29, 1.82) is 0 Å². The predicted octanol–water partition coefficient (Wildman–Crippen LogP) is 3.04. The molecule has 0 bridgehead atoms. The molecule has 0 aromatic carbocycles. The number of hydrogen-bond donors (Lipinski definition) is 1. The highest BCUT2D eigenvalue weighted by atomic mass is 79.9. The number of aromatic nitrogens is 2. The van der Waals surface area contributed by atoms with E-state index in [9.17, 15) is 4.79 Å². The molecule has 2 aromatic rings. The van der Waals surface area contributed by atoms with Crippen LogP contribution in [0.25, 0.3) is 0 Å². The van der Waals surface area contributed by atoms with Gasteiger partial charge in [0.1, 0.15) is 0 Å². The summed E-state index contributed by atoms with van der Waals surface area (Å²) in [5, 5.41) is 8.99. The van der Waals surface area contributed by atoms with Crippen molar-refractivity contribution in [2.45, 2.75) is 19.9 Å². The molecule has 0 aliphatic carbocycles. The third-order valence-corrected chi connectivity index (χ3v) is 4.42. The molecule has 6 heteroatoms. The Morgan fingerprint density at radius 1 is 1.61 bits per heavy atom. The highest BCUT2D eigenvalue weighted by Crippen LogP contribution is 2.22. The number of aryl methyl sites for hydroxylation is 1. The van der Waals surface area contributed by atoms with Crippen LogP contribution < -0.4 is 5.32 Å². The lowest BCUT2D eigenvalue weighted by Crippen LogP contribution is -2.26. The van der Waals surface area contributed by atoms with Crippen molar-refractivity contribution < 1.29 is 4.79 Å². The lowest BCUT2D eigenvalue weighted by Gasteiger charge is -2.13. The Bertz CT molecular complexity index is 576. The fourth-order valence-electron chi connectivity index (χ4n) is 1.73. The van der Waals surface area contributed by atoms with Crippen molar-refractivity contribution in [2.75, 3.05) is 0 Å². The third-order valence-electron chi connectivity index (χ3n) is 2.92. The molecule has 96 valence electrons. The van der Waals surface area contributed by atoms with Crippen LogP contribution in [0, 0.1) is 6.92 Å². The van der Waals surface area contributed by atoms with Gasteiger partial charge in [0.15, 0.2) is 0 Å². The molecule has 2 heterocycles. The Balaban J connectivity index is 2.10. The monoisotopic (exact) mass is 327 g/mol. The molecule has 1 atom stereocenters. The lowest BCUT2D eigenvalue weighted by molar-refractivity contribution is 0.0940. The Morgan fingerprint density at radius 3 is 2.83 bits per heavy atom. The van der Waals surface area contributed by atoms with E-state index in [2.05, 4.69) is 26.3 Å². The number of hydrogen-bond acceptors (Lipinski definition) is 3. The second-order valence-corrected chi connectivity index (χ2v) is 6.43. The van der Waals surface area contributed by atoms with Crippen molar-refractivity contribution in [2.24, 2.45) is 7.05 Å². The van der Waals surface area contributed by atoms with E-state index in [1.54, 1.807) is 10.9 Å². The normalized spacial score (nSPS) is 12.4. The molecule has 0 radical (unpaired) electrons. The van der Waals surface area contributed by atoms with Crippen molar-refractivity contribution in [3.8, 4) is 0 Å². The molecule has 0 saturated heterocycles. The molecule has 18 heavy (non-hydrogen) atoms. The molecule has 4 nitrogen and oxygen atoms in total. The van der Waals surface area contributed by atoms with E-state index in [4.69, 9.17) is 0 Å². The maximum Gasteiger partial charge on any atom is 0.252 e. The van der Waals surface area contributed by atoms with Crippen LogP contribution in [-0.4, -0.2) is 15.7 Å². The molecular weight excluding hydrogens is 314 g/mol. The fraction of sp³-hybridized carbons (Fsp3) is 0.333. The van der Waals surface area contributed by atoms with E-state index < -0.39 is 0 Å². The molecular formula is C12H14BrN3OS. The van der Waals surface area contributed by atoms with E-state index in [0.29, 0.717) is 5.56 Å². The predicted molar refractivity (Wildman–Crippen MR) is 75.8 cm³/mol. The highest BCUT2D eigenvalue weighted by Gasteiger charge is 2.16. The average molecular weight is 328 g/mol. The van der Waals surface area contributed by atoms with Crippen LogP contribution in [0.15, 0.2) is 21.4 Å². The van der Waals surface area contributed by atoms with Crippen LogP contribution in [0.2, 0.25) is 0 Å². The first kappa shape index (κ1) is 13.3. The zero-order chi connectivity index (χ0) is 13.3. The molecule has 0 saturated carbocycles. The number of thiophene rings is 1. The van der Waals surface area contributed by atoms with E-state index in [0.717, 1.165) is 15.0 Å². The Hall–Kier alpha value is -1.14. The summed E-state index contributed by atoms with van der Waals surface area (Å²) in [6, 6.07) is 1.77. The quantitative estimate of drug-likeness (QED) is 0.941. The van der Waals surface area contributed by atoms with Gasteiger partial charge in [-0.1, -0.05) is 0 Å². The van der Waals surface area contributed by atoms with Crippen molar-refractivity contribution in [3.63, 3.8) is 0 Å². The maximum absolute atomic E-state index is 12.0. The van der Waals surface area contributed by atoms with E-state index in [1.807, 2.05) is 32.3 Å². The van der Waals surface area contributed by atoms with Crippen LogP contribution in [0.1, 0.15) is 34.6 Å². The number of nitrogens with one attached hydrogen (secondary N) is 1. The maximum atomic E-state index is 12.0. The summed E-state index contributed by atoms with van der Waals surface area (Å²) < 4.78 is 2.76. The molecule has 0 fully saturated rings. The van der Waals surface area contributed by atoms with Crippen LogP contribution in [0.4, 0.5) is 0 Å². The summed E-state index contributed by atoms with van der Waals surface area (Å²) in [5.74, 6) is -0.0623. The first-order valence-electron chi connectivity index (χ1n) is 5.52. The summed E-state index contributed by atoms with van der Waals surface area (Å²) in [5.41, 5.74) is 2.79. The van der Waals surface area contributed by atoms with Gasteiger partial charge in [-0.3, -0.25) is 9.48 Å². The average Bonchev–Trinajstić information content (AvgIpc) is 2.87. The summed E-state index contributed by atoms with van der Waals surface area (Å²) >= 11 is 4.85. The number of rotatable bonds is 3. The minimum atomic E-state index is -0.0623. The number of nitrogens with zero attached hydrogens (tertiary/aromatic N) is 2. The van der Waals surface area contributed by atoms with E-state index in [-0.39, 0.29) is 11.9 Å². The zero-order valence-corrected chi connectivity index (χ0v) is 12.8. The fourth-order valence-corrected chi connectivity index (χ4v) is 2.86. The first-order valence-corrected chi connectivity index (χ1v) is 7.19. The zero-order valence-electron chi connectivity index (χ0n) is 10.4. The first-order chi connectivity index (χ1) is 8.49. The largest absolute Gasteiger partial charge is 0.345 e. The van der Waals surface area contributed by atoms with Crippen LogP contribution >= 0.6 is 27.3 Å². The summed E-state index contributed by atoms with van der Waals surface area (Å²) in [6.45, 7) is 3.95. The Morgan fingerprint density at radius 2 is 2.33 bits per heavy atom. The van der Waals surface area contributed by atoms with Gasteiger partial charge in [-0.15, -0.1) is 11.3 Å². The lowest BCUT2D eigenvalue weighted by atomic mass is 10.1. The van der Waals surface area contributed by atoms with Gasteiger partial charge in [-0.25, -0.2) is 0 Å². The molecule has 0 spiro atoms. The SMILES string of the molecule is Cc1c([C@H](C)NC(=O)c2csc(Br)c2)cnn1C. The van der Waals surface area contributed by atoms with Crippen LogP contribution in [0.3, 0.4) is 0 Å². The molecule has 0 aliphatic rings. The Kier molecular flexibility index (Phi) is 3.87. The molecule has 1 amide bonds. The second kappa shape index (κ2) is 5.24. The van der Waals surface area contributed by atoms with E-state index in [1.165, 1.54) is 11.3 Å². The minimum Gasteiger partial charge on any atom is -0.345 e. The summed E-state index contributed by atoms with van der Waals surface area (Å²) in [7, 11) is 1.89. The second-order valence-electron chi connectivity index (χ2n) is 4.14. The summed E-state index contributed by atoms with van der Waals surface area (Å²) in [6.07, 6.45) is 1.80. The van der Waals surface area contributed by atoms with Gasteiger partial charge in [0.25, 0.3) is 5.91 Å². The number of carbonyl (C=O) groups excluding carboxylic acids is 1. The minimum absolute atomic E-state index is 0.0510. The Labute approximate surface area is 118 Å². The van der Waals surface area contributed by atoms with Gasteiger partial charge in [0.05, 0.1) is 21.6 Å². The standard InChI is InChI=1S/C12H14BrN3OS/c1-7(10-5-14-16(3)8(10)2)15-12(17)9-4-11(13)18-6-9/h4-7H,1-3H3,(H,15,17)/t7-/m0/s1. The summed E-state index contributed by atoms with van der Waals surface area (Å²) in [4.78, 5) is 12.0. The van der Waals surface area contributed by atoms with Crippen molar-refractivity contribution in [3.05, 3.63) is 38.3 Å². The van der Waals surface area contributed by atoms with Crippen LogP contribution in [0.5, 0.6) is 0 Å². The van der Waals surface area contributed by atoms with Gasteiger partial charge in [0, 0.05) is 23.7 Å². The smallest absolute Gasteiger partial charge is 0.252 e. The van der Waals surface area contributed by atoms with Gasteiger partial charge in [-0.2, -0.15) is 5.10 Å². The molecule has 0 aliphatic heterocycles. The van der Waals surface area contributed by atoms with Crippen molar-refractivity contribution in [1.82, 2.24) is 15.1 Å². The van der Waals surface area contributed by atoms with Crippen LogP contribution in [-0.2, 0) is 7.05 Å². The van der Waals surface area contributed by atoms with Crippen molar-refractivity contribution >= 4 is 33.2 Å². The third kappa shape index (κ3) is 2.64. The molecule has 2 aromatic heterocycles. The number of carbonyl (C=O) groups is 1. The number of halogens is 1. The molecule has 1 N–H and O–H groups in total. The van der Waals surface area contributed by atoms with Gasteiger partial charge >= 0.3 is 0 Å². The molecule has 2 rings (SSSR count). The van der Waals surface area contributed by atoms with Gasteiger partial charge in [-0.05, 0) is 35.8 Å². The van der Waals surface area contributed by atoms with Gasteiger partial charge < -0.3 is 5.32 Å². The van der Waals surface area contributed by atoms with Gasteiger partial charge in [0.2, 0.25) is 0 Å².